The van der Waals surface area contributed by atoms with Crippen LogP contribution in [-0.4, -0.2) is 23.8 Å². The van der Waals surface area contributed by atoms with Gasteiger partial charge in [-0.25, -0.2) is 5.43 Å². The number of benzene rings is 5. The van der Waals surface area contributed by atoms with Gasteiger partial charge in [0.25, 0.3) is 5.91 Å². The molecule has 0 saturated heterocycles. The van der Waals surface area contributed by atoms with E-state index < -0.39 is 0 Å². The van der Waals surface area contributed by atoms with Crippen molar-refractivity contribution in [2.45, 2.75) is 6.61 Å². The third-order valence-electron chi connectivity index (χ3n) is 7.43. The third kappa shape index (κ3) is 7.54. The maximum absolute atomic E-state index is 13.0. The normalized spacial score (nSPS) is 11.1. The minimum absolute atomic E-state index is 0.246. The minimum Gasteiger partial charge on any atom is -0.493 e. The molecule has 9 heteroatoms. The molecule has 6 aromatic rings. The van der Waals surface area contributed by atoms with Crippen molar-refractivity contribution in [3.05, 3.63) is 158 Å². The molecule has 0 spiro atoms. The van der Waals surface area contributed by atoms with Crippen molar-refractivity contribution >= 4 is 57.9 Å². The molecule has 0 aliphatic carbocycles. The summed E-state index contributed by atoms with van der Waals surface area (Å²) in [6.45, 7) is 0.246. The van der Waals surface area contributed by atoms with Crippen LogP contribution in [0.1, 0.15) is 21.5 Å². The number of hydrogen-bond acceptors (Lipinski definition) is 4. The summed E-state index contributed by atoms with van der Waals surface area (Å²) < 4.78 is 14.6. The van der Waals surface area contributed by atoms with Crippen LogP contribution in [0.3, 0.4) is 0 Å². The number of carbonyl (C=O) groups excluding carboxylic acids is 1. The smallest absolute Gasteiger partial charge is 0.271 e. The summed E-state index contributed by atoms with van der Waals surface area (Å²) in [5.74, 6) is 0.780. The molecule has 5 aromatic carbocycles. The number of nitrogens with one attached hydrogen (secondary N) is 1. The lowest BCUT2D eigenvalue weighted by Crippen LogP contribution is -2.17. The average Bonchev–Trinajstić information content (AvgIpc) is 3.54. The highest BCUT2D eigenvalue weighted by molar-refractivity contribution is 14.1. The van der Waals surface area contributed by atoms with E-state index in [1.165, 1.54) is 0 Å². The Balaban J connectivity index is 1.17. The van der Waals surface area contributed by atoms with E-state index in [2.05, 4.69) is 74.1 Å². The van der Waals surface area contributed by atoms with Gasteiger partial charge >= 0.3 is 0 Å². The maximum atomic E-state index is 13.0. The minimum atomic E-state index is -0.326. The largest absolute Gasteiger partial charge is 0.493 e. The van der Waals surface area contributed by atoms with E-state index in [0.717, 1.165) is 42.9 Å². The first-order chi connectivity index (χ1) is 22.9. The number of hydrogen-bond donors (Lipinski definition) is 1. The van der Waals surface area contributed by atoms with Crippen molar-refractivity contribution in [3.8, 4) is 39.7 Å². The molecule has 0 atom stereocenters. The number of hydrazone groups is 1. The van der Waals surface area contributed by atoms with Gasteiger partial charge in [-0.1, -0.05) is 89.9 Å². The van der Waals surface area contributed by atoms with Gasteiger partial charge in [0.2, 0.25) is 0 Å². The molecule has 1 N–H and O–H groups in total. The summed E-state index contributed by atoms with van der Waals surface area (Å²) in [5.41, 5.74) is 9.90. The van der Waals surface area contributed by atoms with Crippen LogP contribution in [0.5, 0.6) is 11.5 Å². The standard InChI is InChI=1S/C38H28Cl2IN3O3/c1-46-36-21-25(20-33(41)37(36)47-24-29-12-15-30(39)22-32(29)40)23-42-43-38(45)28-13-16-31(17-14-28)44-34(26-8-4-2-5-9-26)18-19-35(44)27-10-6-3-7-11-27/h2-23H,24H2,1H3,(H,43,45)/b42-23-. The zero-order valence-electron chi connectivity index (χ0n) is 25.2. The first-order valence-corrected chi connectivity index (χ1v) is 16.5. The van der Waals surface area contributed by atoms with E-state index in [1.54, 1.807) is 43.7 Å². The Labute approximate surface area is 296 Å². The van der Waals surface area contributed by atoms with Crippen LogP contribution < -0.4 is 14.9 Å². The van der Waals surface area contributed by atoms with Gasteiger partial charge in [-0.3, -0.25) is 4.79 Å². The lowest BCUT2D eigenvalue weighted by Gasteiger charge is -2.15. The fourth-order valence-electron chi connectivity index (χ4n) is 5.12. The fourth-order valence-corrected chi connectivity index (χ4v) is 6.36. The highest BCUT2D eigenvalue weighted by Crippen LogP contribution is 2.35. The number of amides is 1. The predicted molar refractivity (Wildman–Crippen MR) is 198 cm³/mol. The lowest BCUT2D eigenvalue weighted by molar-refractivity contribution is 0.0955. The molecule has 0 fully saturated rings. The molecule has 1 heterocycles. The fraction of sp³-hybridized carbons (Fsp3) is 0.0526. The Kier molecular flexibility index (Phi) is 10.3. The summed E-state index contributed by atoms with van der Waals surface area (Å²) in [6, 6.07) is 41.2. The first kappa shape index (κ1) is 32.4. The maximum Gasteiger partial charge on any atom is 0.271 e. The molecule has 0 saturated carbocycles. The van der Waals surface area contributed by atoms with Crippen LogP contribution in [0.2, 0.25) is 10.0 Å². The molecule has 1 amide bonds. The molecule has 6 nitrogen and oxygen atoms in total. The highest BCUT2D eigenvalue weighted by atomic mass is 127. The summed E-state index contributed by atoms with van der Waals surface area (Å²) in [6.07, 6.45) is 1.56. The molecule has 0 unspecified atom stereocenters. The van der Waals surface area contributed by atoms with Crippen LogP contribution in [0.25, 0.3) is 28.2 Å². The third-order valence-corrected chi connectivity index (χ3v) is 8.81. The van der Waals surface area contributed by atoms with Crippen molar-refractivity contribution in [2.75, 3.05) is 7.11 Å². The summed E-state index contributed by atoms with van der Waals surface area (Å²) in [4.78, 5) is 13.0. The first-order valence-electron chi connectivity index (χ1n) is 14.6. The second-order valence-electron chi connectivity index (χ2n) is 10.5. The van der Waals surface area contributed by atoms with Gasteiger partial charge in [0, 0.05) is 26.9 Å². The van der Waals surface area contributed by atoms with Crippen molar-refractivity contribution in [1.29, 1.82) is 0 Å². The summed E-state index contributed by atoms with van der Waals surface area (Å²) in [7, 11) is 1.57. The lowest BCUT2D eigenvalue weighted by atomic mass is 10.1. The zero-order valence-corrected chi connectivity index (χ0v) is 28.8. The van der Waals surface area contributed by atoms with Gasteiger partial charge in [-0.2, -0.15) is 5.10 Å². The number of methoxy groups -OCH3 is 1. The van der Waals surface area contributed by atoms with E-state index in [4.69, 9.17) is 32.7 Å². The Hall–Kier alpha value is -4.57. The van der Waals surface area contributed by atoms with Crippen LogP contribution >= 0.6 is 45.8 Å². The number of halogens is 3. The van der Waals surface area contributed by atoms with E-state index >= 15 is 0 Å². The Bertz CT molecular complexity index is 1990. The van der Waals surface area contributed by atoms with Gasteiger partial charge in [-0.05, 0) is 99.9 Å². The number of nitrogens with zero attached hydrogens (tertiary/aromatic N) is 2. The van der Waals surface area contributed by atoms with Crippen molar-refractivity contribution in [1.82, 2.24) is 9.99 Å². The molecule has 0 aliphatic heterocycles. The molecule has 0 bridgehead atoms. The monoisotopic (exact) mass is 771 g/mol. The van der Waals surface area contributed by atoms with Crippen LogP contribution in [0.4, 0.5) is 0 Å². The Morgan fingerprint density at radius 3 is 2.06 bits per heavy atom. The summed E-state index contributed by atoms with van der Waals surface area (Å²) in [5, 5.41) is 5.29. The van der Waals surface area contributed by atoms with Crippen LogP contribution in [0, 0.1) is 3.57 Å². The molecule has 0 aliphatic rings. The number of aromatic nitrogens is 1. The molecule has 234 valence electrons. The predicted octanol–water partition coefficient (Wildman–Crippen LogP) is 10.1. The van der Waals surface area contributed by atoms with Crippen molar-refractivity contribution < 1.29 is 14.3 Å². The molecule has 6 rings (SSSR count). The topological polar surface area (TPSA) is 64.8 Å². The van der Waals surface area contributed by atoms with Gasteiger partial charge < -0.3 is 14.0 Å². The Morgan fingerprint density at radius 2 is 1.47 bits per heavy atom. The van der Waals surface area contributed by atoms with Crippen molar-refractivity contribution in [2.24, 2.45) is 5.10 Å². The number of ether oxygens (including phenoxy) is 2. The molecule has 0 radical (unpaired) electrons. The highest BCUT2D eigenvalue weighted by Gasteiger charge is 2.15. The van der Waals surface area contributed by atoms with E-state index in [1.807, 2.05) is 60.7 Å². The second-order valence-corrected chi connectivity index (χ2v) is 12.5. The van der Waals surface area contributed by atoms with Gasteiger partial charge in [0.05, 0.1) is 28.3 Å². The Morgan fingerprint density at radius 1 is 0.830 bits per heavy atom. The van der Waals surface area contributed by atoms with Gasteiger partial charge in [0.15, 0.2) is 11.5 Å². The number of rotatable bonds is 10. The molecular formula is C38H28Cl2IN3O3. The van der Waals surface area contributed by atoms with Crippen molar-refractivity contribution in [3.63, 3.8) is 0 Å². The quantitative estimate of drug-likeness (QED) is 0.0857. The van der Waals surface area contributed by atoms with E-state index in [-0.39, 0.29) is 12.5 Å². The molecule has 1 aromatic heterocycles. The van der Waals surface area contributed by atoms with E-state index in [0.29, 0.717) is 27.1 Å². The van der Waals surface area contributed by atoms with E-state index in [9.17, 15) is 4.79 Å². The summed E-state index contributed by atoms with van der Waals surface area (Å²) >= 11 is 14.5. The molecule has 47 heavy (non-hydrogen) atoms. The van der Waals surface area contributed by atoms with Crippen LogP contribution in [0.15, 0.2) is 132 Å². The van der Waals surface area contributed by atoms with Gasteiger partial charge in [0.1, 0.15) is 6.61 Å². The zero-order chi connectivity index (χ0) is 32.8. The van der Waals surface area contributed by atoms with Crippen LogP contribution in [-0.2, 0) is 6.61 Å². The number of carbonyl (C=O) groups is 1. The van der Waals surface area contributed by atoms with Gasteiger partial charge in [-0.15, -0.1) is 0 Å². The molecular weight excluding hydrogens is 744 g/mol. The average molecular weight is 772 g/mol. The second kappa shape index (κ2) is 14.9. The SMILES string of the molecule is COc1cc(/C=N\NC(=O)c2ccc(-n3c(-c4ccccc4)ccc3-c3ccccc3)cc2)cc(I)c1OCc1ccc(Cl)cc1Cl.